The molecule has 0 radical (unpaired) electrons. The van der Waals surface area contributed by atoms with Crippen LogP contribution in [-0.2, 0) is 24.8 Å². The molecule has 0 saturated carbocycles. The van der Waals surface area contributed by atoms with E-state index in [0.717, 1.165) is 6.26 Å². The minimum absolute atomic E-state index is 0.127. The van der Waals surface area contributed by atoms with Gasteiger partial charge in [-0.25, -0.2) is 16.8 Å². The van der Waals surface area contributed by atoms with Crippen LogP contribution in [0.15, 0.2) is 53.4 Å². The van der Waals surface area contributed by atoms with Crippen LogP contribution >= 0.6 is 0 Å². The Balaban J connectivity index is 1.32. The summed E-state index contributed by atoms with van der Waals surface area (Å²) in [5.74, 6) is 0.927. The summed E-state index contributed by atoms with van der Waals surface area (Å²) < 4.78 is 64.1. The fourth-order valence-electron chi connectivity index (χ4n) is 4.12. The number of fused-ring (bicyclic) bond motifs is 1. The van der Waals surface area contributed by atoms with Crippen LogP contribution in [0.1, 0.15) is 12.8 Å². The summed E-state index contributed by atoms with van der Waals surface area (Å²) in [4.78, 5) is 14.6. The summed E-state index contributed by atoms with van der Waals surface area (Å²) in [7, 11) is -7.17. The SMILES string of the molecule is CS(=O)(=O)N(CCCC(=O)N1CCN(S(=O)(=O)c2ccccc2)CC1)c1ccc2c(c1)OCCO2. The van der Waals surface area contributed by atoms with Gasteiger partial charge in [-0.1, -0.05) is 18.2 Å². The average Bonchev–Trinajstić information content (AvgIpc) is 2.86. The van der Waals surface area contributed by atoms with E-state index < -0.39 is 20.0 Å². The zero-order valence-electron chi connectivity index (χ0n) is 19.5. The van der Waals surface area contributed by atoms with E-state index in [-0.39, 0.29) is 36.9 Å². The molecule has 0 aliphatic carbocycles. The van der Waals surface area contributed by atoms with E-state index in [1.54, 1.807) is 53.4 Å². The van der Waals surface area contributed by atoms with Gasteiger partial charge in [0.25, 0.3) is 0 Å². The van der Waals surface area contributed by atoms with Gasteiger partial charge in [0.15, 0.2) is 11.5 Å². The van der Waals surface area contributed by atoms with Crippen molar-refractivity contribution in [1.82, 2.24) is 9.21 Å². The maximum absolute atomic E-state index is 12.8. The molecule has 2 aliphatic heterocycles. The minimum Gasteiger partial charge on any atom is -0.486 e. The number of nitrogens with zero attached hydrogens (tertiary/aromatic N) is 3. The van der Waals surface area contributed by atoms with Crippen molar-refractivity contribution in [3.05, 3.63) is 48.5 Å². The molecule has 1 saturated heterocycles. The molecule has 0 aromatic heterocycles. The smallest absolute Gasteiger partial charge is 0.243 e. The maximum atomic E-state index is 12.8. The van der Waals surface area contributed by atoms with Crippen LogP contribution in [0.4, 0.5) is 5.69 Å². The third-order valence-electron chi connectivity index (χ3n) is 5.94. The first-order valence-electron chi connectivity index (χ1n) is 11.4. The molecular weight excluding hydrogens is 494 g/mol. The first kappa shape index (κ1) is 25.3. The molecule has 12 heteroatoms. The van der Waals surface area contributed by atoms with Crippen molar-refractivity contribution in [3.63, 3.8) is 0 Å². The van der Waals surface area contributed by atoms with E-state index in [4.69, 9.17) is 9.47 Å². The van der Waals surface area contributed by atoms with Gasteiger partial charge in [-0.05, 0) is 30.7 Å². The first-order chi connectivity index (χ1) is 16.7. The molecule has 0 bridgehead atoms. The highest BCUT2D eigenvalue weighted by atomic mass is 32.2. The Hall–Kier alpha value is -2.83. The molecule has 2 aromatic carbocycles. The minimum atomic E-state index is -3.59. The Kier molecular flexibility index (Phi) is 7.53. The van der Waals surface area contributed by atoms with E-state index in [1.807, 2.05) is 0 Å². The molecule has 4 rings (SSSR count). The van der Waals surface area contributed by atoms with Crippen LogP contribution in [-0.4, -0.2) is 84.1 Å². The van der Waals surface area contributed by atoms with Gasteiger partial charge in [-0.3, -0.25) is 9.10 Å². The molecule has 2 aliphatic rings. The molecular formula is C23H29N3O7S2. The largest absolute Gasteiger partial charge is 0.486 e. The van der Waals surface area contributed by atoms with Crippen LogP contribution in [0.3, 0.4) is 0 Å². The number of hydrogen-bond donors (Lipinski definition) is 0. The normalized spacial score (nSPS) is 16.7. The van der Waals surface area contributed by atoms with Crippen molar-refractivity contribution >= 4 is 31.6 Å². The number of sulfonamides is 2. The lowest BCUT2D eigenvalue weighted by Crippen LogP contribution is -2.50. The summed E-state index contributed by atoms with van der Waals surface area (Å²) in [6, 6.07) is 13.2. The second-order valence-electron chi connectivity index (χ2n) is 8.36. The molecule has 2 heterocycles. The molecule has 0 spiro atoms. The van der Waals surface area contributed by atoms with E-state index in [9.17, 15) is 21.6 Å². The Morgan fingerprint density at radius 3 is 2.23 bits per heavy atom. The average molecular weight is 524 g/mol. The van der Waals surface area contributed by atoms with Crippen LogP contribution in [0.25, 0.3) is 0 Å². The predicted octanol–water partition coefficient (Wildman–Crippen LogP) is 1.54. The fourth-order valence-corrected chi connectivity index (χ4v) is 6.53. The molecule has 2 aromatic rings. The Bertz CT molecular complexity index is 1260. The number of hydrogen-bond acceptors (Lipinski definition) is 7. The monoisotopic (exact) mass is 523 g/mol. The van der Waals surface area contributed by atoms with Gasteiger partial charge in [-0.2, -0.15) is 4.31 Å². The van der Waals surface area contributed by atoms with Gasteiger partial charge in [0, 0.05) is 45.2 Å². The van der Waals surface area contributed by atoms with Gasteiger partial charge >= 0.3 is 0 Å². The molecule has 0 N–H and O–H groups in total. The number of carbonyl (C=O) groups is 1. The summed E-state index contributed by atoms with van der Waals surface area (Å²) in [5.41, 5.74) is 0.448. The van der Waals surface area contributed by atoms with Crippen LogP contribution in [0.5, 0.6) is 11.5 Å². The molecule has 190 valence electrons. The molecule has 0 unspecified atom stereocenters. The lowest BCUT2D eigenvalue weighted by molar-refractivity contribution is -0.132. The highest BCUT2D eigenvalue weighted by Crippen LogP contribution is 2.34. The van der Waals surface area contributed by atoms with Crippen LogP contribution < -0.4 is 13.8 Å². The lowest BCUT2D eigenvalue weighted by atomic mass is 10.2. The highest BCUT2D eigenvalue weighted by Gasteiger charge is 2.30. The van der Waals surface area contributed by atoms with E-state index in [2.05, 4.69) is 0 Å². The van der Waals surface area contributed by atoms with Gasteiger partial charge < -0.3 is 14.4 Å². The molecule has 0 atom stereocenters. The summed E-state index contributed by atoms with van der Waals surface area (Å²) in [6.45, 7) is 1.99. The van der Waals surface area contributed by atoms with Crippen molar-refractivity contribution in [1.29, 1.82) is 0 Å². The van der Waals surface area contributed by atoms with E-state index in [1.165, 1.54) is 8.61 Å². The van der Waals surface area contributed by atoms with Crippen LogP contribution in [0, 0.1) is 0 Å². The van der Waals surface area contributed by atoms with Crippen molar-refractivity contribution < 1.29 is 31.1 Å². The Morgan fingerprint density at radius 2 is 1.57 bits per heavy atom. The molecule has 10 nitrogen and oxygen atoms in total. The predicted molar refractivity (Wildman–Crippen MR) is 131 cm³/mol. The third kappa shape index (κ3) is 5.88. The number of anilines is 1. The zero-order valence-corrected chi connectivity index (χ0v) is 21.1. The lowest BCUT2D eigenvalue weighted by Gasteiger charge is -2.34. The third-order valence-corrected chi connectivity index (χ3v) is 9.05. The first-order valence-corrected chi connectivity index (χ1v) is 14.7. The maximum Gasteiger partial charge on any atom is 0.243 e. The summed E-state index contributed by atoms with van der Waals surface area (Å²) in [5, 5.41) is 0. The number of benzene rings is 2. The highest BCUT2D eigenvalue weighted by molar-refractivity contribution is 7.92. The van der Waals surface area contributed by atoms with Crippen LogP contribution in [0.2, 0.25) is 0 Å². The topological polar surface area (TPSA) is 114 Å². The van der Waals surface area contributed by atoms with Gasteiger partial charge in [0.2, 0.25) is 26.0 Å². The van der Waals surface area contributed by atoms with Gasteiger partial charge in [0.05, 0.1) is 16.8 Å². The number of rotatable bonds is 8. The van der Waals surface area contributed by atoms with Crippen molar-refractivity contribution in [2.24, 2.45) is 0 Å². The second kappa shape index (κ2) is 10.4. The number of ether oxygens (including phenoxy) is 2. The van der Waals surface area contributed by atoms with Crippen molar-refractivity contribution in [2.75, 3.05) is 56.5 Å². The molecule has 1 amide bonds. The van der Waals surface area contributed by atoms with Crippen molar-refractivity contribution in [2.45, 2.75) is 17.7 Å². The van der Waals surface area contributed by atoms with E-state index in [0.29, 0.717) is 49.9 Å². The summed E-state index contributed by atoms with van der Waals surface area (Å²) >= 11 is 0. The standard InChI is InChI=1S/C23H29N3O7S2/c1-34(28,29)26(19-9-10-21-22(18-19)33-17-16-32-21)11-5-8-23(27)24-12-14-25(15-13-24)35(30,31)20-6-3-2-4-7-20/h2-4,6-7,9-10,18H,5,8,11-17H2,1H3. The quantitative estimate of drug-likeness (QED) is 0.516. The molecule has 35 heavy (non-hydrogen) atoms. The number of piperazine rings is 1. The second-order valence-corrected chi connectivity index (χ2v) is 12.2. The zero-order chi connectivity index (χ0) is 25.1. The molecule has 1 fully saturated rings. The van der Waals surface area contributed by atoms with Crippen molar-refractivity contribution in [3.8, 4) is 11.5 Å². The number of amides is 1. The van der Waals surface area contributed by atoms with Gasteiger partial charge in [0.1, 0.15) is 13.2 Å². The number of carbonyl (C=O) groups excluding carboxylic acids is 1. The Labute approximate surface area is 206 Å². The Morgan fingerprint density at radius 1 is 0.914 bits per heavy atom. The fraction of sp³-hybridized carbons (Fsp3) is 0.435. The summed E-state index contributed by atoms with van der Waals surface area (Å²) in [6.07, 6.45) is 1.60. The van der Waals surface area contributed by atoms with E-state index >= 15 is 0 Å². The van der Waals surface area contributed by atoms with Gasteiger partial charge in [-0.15, -0.1) is 0 Å².